The van der Waals surface area contributed by atoms with Crippen LogP contribution in [-0.4, -0.2) is 96.7 Å². The Morgan fingerprint density at radius 1 is 0.371 bits per heavy atom. The fourth-order valence-corrected chi connectivity index (χ4v) is 11.5. The highest BCUT2D eigenvalue weighted by atomic mass is 31.2. The molecule has 17 nitrogen and oxygen atoms in total. The van der Waals surface area contributed by atoms with E-state index in [4.69, 9.17) is 37.0 Å². The molecule has 0 aliphatic rings. The number of hydrogen-bond donors (Lipinski definition) is 3. The van der Waals surface area contributed by atoms with Gasteiger partial charge < -0.3 is 33.8 Å². The van der Waals surface area contributed by atoms with Crippen molar-refractivity contribution in [2.24, 2.45) is 17.8 Å². The zero-order valence-corrected chi connectivity index (χ0v) is 59.2. The zero-order chi connectivity index (χ0) is 65.9. The minimum Gasteiger partial charge on any atom is -0.462 e. The molecule has 0 amide bonds. The third kappa shape index (κ3) is 62.7. The maximum absolute atomic E-state index is 13.0. The van der Waals surface area contributed by atoms with Crippen molar-refractivity contribution in [2.75, 3.05) is 39.6 Å². The summed E-state index contributed by atoms with van der Waals surface area (Å²) in [5.41, 5.74) is 0. The molecule has 0 spiro atoms. The normalized spacial score (nSPS) is 14.7. The highest BCUT2D eigenvalue weighted by Gasteiger charge is 2.30. The molecule has 0 saturated carbocycles. The average Bonchev–Trinajstić information content (AvgIpc) is 3.60. The Kier molecular flexibility index (Phi) is 58.8. The van der Waals surface area contributed by atoms with Crippen molar-refractivity contribution >= 4 is 39.5 Å². The number of allylic oxidation sites excluding steroid dienone is 4. The summed E-state index contributed by atoms with van der Waals surface area (Å²) >= 11 is 0. The highest BCUT2D eigenvalue weighted by Crippen LogP contribution is 2.45. The first-order valence-electron chi connectivity index (χ1n) is 35.7. The molecular formula is C70H132O17P2. The van der Waals surface area contributed by atoms with Crippen molar-refractivity contribution in [3.8, 4) is 0 Å². The number of unbranched alkanes of at least 4 members (excludes halogenated alkanes) is 30. The number of hydrogen-bond acceptors (Lipinski definition) is 15. The molecule has 3 unspecified atom stereocenters. The monoisotopic (exact) mass is 1310 g/mol. The second kappa shape index (κ2) is 60.5. The number of aliphatic hydroxyl groups excluding tert-OH is 1. The summed E-state index contributed by atoms with van der Waals surface area (Å²) in [6, 6.07) is 0. The highest BCUT2D eigenvalue weighted by molar-refractivity contribution is 7.47. The molecule has 0 aromatic heterocycles. The van der Waals surface area contributed by atoms with Crippen molar-refractivity contribution < 1.29 is 80.2 Å². The first-order chi connectivity index (χ1) is 42.8. The third-order valence-electron chi connectivity index (χ3n) is 15.9. The lowest BCUT2D eigenvalue weighted by Crippen LogP contribution is -2.30. The summed E-state index contributed by atoms with van der Waals surface area (Å²) in [5, 5.41) is 10.6. The molecule has 524 valence electrons. The van der Waals surface area contributed by atoms with Gasteiger partial charge in [0.15, 0.2) is 12.2 Å². The van der Waals surface area contributed by atoms with Gasteiger partial charge in [-0.05, 0) is 69.1 Å². The van der Waals surface area contributed by atoms with E-state index in [-0.39, 0.29) is 25.7 Å². The summed E-state index contributed by atoms with van der Waals surface area (Å²) in [5.74, 6) is 0.0248. The van der Waals surface area contributed by atoms with Gasteiger partial charge in [0.1, 0.15) is 19.3 Å². The Labute approximate surface area is 542 Å². The van der Waals surface area contributed by atoms with Crippen molar-refractivity contribution in [1.29, 1.82) is 0 Å². The molecule has 89 heavy (non-hydrogen) atoms. The predicted molar refractivity (Wildman–Crippen MR) is 358 cm³/mol. The molecule has 0 bridgehead atoms. The van der Waals surface area contributed by atoms with Crippen molar-refractivity contribution in [1.82, 2.24) is 0 Å². The summed E-state index contributed by atoms with van der Waals surface area (Å²) in [7, 11) is -9.91. The number of phosphoric acid groups is 2. The molecule has 0 aliphatic heterocycles. The van der Waals surface area contributed by atoms with Crippen molar-refractivity contribution in [2.45, 2.75) is 343 Å². The zero-order valence-electron chi connectivity index (χ0n) is 57.4. The summed E-state index contributed by atoms with van der Waals surface area (Å²) in [6.45, 7) is 11.7. The van der Waals surface area contributed by atoms with Gasteiger partial charge in [0.05, 0.1) is 26.4 Å². The summed E-state index contributed by atoms with van der Waals surface area (Å²) in [4.78, 5) is 72.5. The van der Waals surface area contributed by atoms with E-state index < -0.39 is 97.5 Å². The van der Waals surface area contributed by atoms with Crippen LogP contribution in [0, 0.1) is 17.8 Å². The van der Waals surface area contributed by atoms with Crippen LogP contribution in [0.3, 0.4) is 0 Å². The second-order valence-electron chi connectivity index (χ2n) is 25.8. The molecule has 0 radical (unpaired) electrons. The standard InChI is InChI=1S/C70H132O17P2/c1-8-10-11-12-13-14-15-16-17-18-21-24-29-37-44-51-67(72)80-57-65(87-70(75)54-47-40-31-26-28-35-42-49-62(5)6)59-84-88(76,77)82-55-64(71)56-83-89(78,79)85-60-66(58-81-68(73)52-45-38-33-32-36-43-50-63(7)9-2)86-69(74)53-46-39-30-25-22-19-20-23-27-34-41-48-61(3)4/h14-17,61-66,71H,8-13,18-60H2,1-7H3,(H,76,77)(H,78,79)/b15-14-,17-16-/t63?,64-,65-,66-/m1/s1. The van der Waals surface area contributed by atoms with E-state index in [0.717, 1.165) is 127 Å². The third-order valence-corrected chi connectivity index (χ3v) is 17.8. The Morgan fingerprint density at radius 3 is 1.00 bits per heavy atom. The summed E-state index contributed by atoms with van der Waals surface area (Å²) < 4.78 is 68.2. The maximum atomic E-state index is 13.0. The van der Waals surface area contributed by atoms with Crippen molar-refractivity contribution in [3.05, 3.63) is 24.3 Å². The van der Waals surface area contributed by atoms with Crippen LogP contribution in [0.15, 0.2) is 24.3 Å². The van der Waals surface area contributed by atoms with Crippen LogP contribution >= 0.6 is 15.6 Å². The van der Waals surface area contributed by atoms with Crippen molar-refractivity contribution in [3.63, 3.8) is 0 Å². The Hall–Kier alpha value is -2.46. The van der Waals surface area contributed by atoms with E-state index in [0.29, 0.717) is 31.6 Å². The smallest absolute Gasteiger partial charge is 0.462 e. The molecule has 0 aliphatic carbocycles. The molecule has 0 aromatic carbocycles. The molecule has 0 aromatic rings. The minimum absolute atomic E-state index is 0.0961. The lowest BCUT2D eigenvalue weighted by atomic mass is 10.00. The van der Waals surface area contributed by atoms with Gasteiger partial charge in [-0.15, -0.1) is 0 Å². The van der Waals surface area contributed by atoms with Gasteiger partial charge in [0.25, 0.3) is 0 Å². The Morgan fingerprint density at radius 2 is 0.663 bits per heavy atom. The predicted octanol–water partition coefficient (Wildman–Crippen LogP) is 19.4. The number of rotatable bonds is 66. The molecule has 0 saturated heterocycles. The van der Waals surface area contributed by atoms with Gasteiger partial charge >= 0.3 is 39.5 Å². The first kappa shape index (κ1) is 86.5. The number of esters is 4. The number of ether oxygens (including phenoxy) is 4. The molecule has 0 rings (SSSR count). The van der Waals surface area contributed by atoms with E-state index in [1.165, 1.54) is 109 Å². The first-order valence-corrected chi connectivity index (χ1v) is 38.7. The fraction of sp³-hybridized carbons (Fsp3) is 0.886. The molecule has 19 heteroatoms. The largest absolute Gasteiger partial charge is 0.472 e. The Bertz CT molecular complexity index is 1840. The quantitative estimate of drug-likeness (QED) is 0.0169. The van der Waals surface area contributed by atoms with Gasteiger partial charge in [-0.25, -0.2) is 9.13 Å². The minimum atomic E-state index is -4.96. The van der Waals surface area contributed by atoms with Crippen LogP contribution < -0.4 is 0 Å². The van der Waals surface area contributed by atoms with Crippen LogP contribution in [0.4, 0.5) is 0 Å². The lowest BCUT2D eigenvalue weighted by molar-refractivity contribution is -0.161. The van der Waals surface area contributed by atoms with Gasteiger partial charge in [0, 0.05) is 25.7 Å². The molecule has 0 fully saturated rings. The van der Waals surface area contributed by atoms with Gasteiger partial charge in [-0.2, -0.15) is 0 Å². The molecule has 3 N–H and O–H groups in total. The molecule has 6 atom stereocenters. The second-order valence-corrected chi connectivity index (χ2v) is 28.7. The van der Waals surface area contributed by atoms with E-state index in [1.54, 1.807) is 0 Å². The van der Waals surface area contributed by atoms with E-state index in [9.17, 15) is 43.2 Å². The number of carbonyl (C=O) groups excluding carboxylic acids is 4. The molecular weight excluding hydrogens is 1170 g/mol. The molecule has 0 heterocycles. The topological polar surface area (TPSA) is 237 Å². The lowest BCUT2D eigenvalue weighted by Gasteiger charge is -2.21. The van der Waals surface area contributed by atoms with E-state index >= 15 is 0 Å². The van der Waals surface area contributed by atoms with Crippen LogP contribution in [0.1, 0.15) is 325 Å². The number of phosphoric ester groups is 2. The van der Waals surface area contributed by atoms with Crippen LogP contribution in [-0.2, 0) is 65.4 Å². The fourth-order valence-electron chi connectivity index (χ4n) is 9.97. The summed E-state index contributed by atoms with van der Waals surface area (Å²) in [6.07, 6.45) is 46.8. The maximum Gasteiger partial charge on any atom is 0.472 e. The van der Waals surface area contributed by atoms with E-state index in [2.05, 4.69) is 72.8 Å². The van der Waals surface area contributed by atoms with Gasteiger partial charge in [-0.1, -0.05) is 272 Å². The van der Waals surface area contributed by atoms with E-state index in [1.807, 2.05) is 0 Å². The average molecular weight is 1310 g/mol. The number of carbonyl (C=O) groups is 4. The SMILES string of the molecule is CCCCCC/C=C\C=C/CCCCCCCC(=O)OC[C@H](COP(=O)(O)OC[C@@H](O)COP(=O)(O)OC[C@@H](COC(=O)CCCCCCCCC(C)CC)OC(=O)CCCCCCCCCCCCCC(C)C)OC(=O)CCCCCCCCCC(C)C. The number of aliphatic hydroxyl groups is 1. The van der Waals surface area contributed by atoms with Crippen LogP contribution in [0.2, 0.25) is 0 Å². The van der Waals surface area contributed by atoms with Gasteiger partial charge in [0.2, 0.25) is 0 Å². The van der Waals surface area contributed by atoms with Crippen LogP contribution in [0.25, 0.3) is 0 Å². The van der Waals surface area contributed by atoms with Crippen LogP contribution in [0.5, 0.6) is 0 Å². The Balaban J connectivity index is 5.27. The van der Waals surface area contributed by atoms with Gasteiger partial charge in [-0.3, -0.25) is 37.3 Å².